The molecule has 8 N–H and O–H groups in total. The predicted octanol–water partition coefficient (Wildman–Crippen LogP) is 2.11. The maximum Gasteiger partial charge on any atom is 0.237 e. The van der Waals surface area contributed by atoms with Crippen molar-refractivity contribution in [1.82, 2.24) is 10.6 Å². The van der Waals surface area contributed by atoms with Crippen molar-refractivity contribution >= 4 is 11.8 Å². The van der Waals surface area contributed by atoms with Gasteiger partial charge in [-0.25, -0.2) is 0 Å². The zero-order valence-corrected chi connectivity index (χ0v) is 19.7. The molecule has 2 atom stereocenters. The van der Waals surface area contributed by atoms with Crippen molar-refractivity contribution in [3.63, 3.8) is 0 Å². The summed E-state index contributed by atoms with van der Waals surface area (Å²) in [5.74, 6) is 0.0651. The normalized spacial score (nSPS) is 12.6. The van der Waals surface area contributed by atoms with Gasteiger partial charge in [0.05, 0.1) is 12.1 Å². The molecule has 0 radical (unpaired) electrons. The van der Waals surface area contributed by atoms with Crippen LogP contribution in [0.15, 0.2) is 48.5 Å². The number of hydrogen-bond donors (Lipinski definition) is 6. The Morgan fingerprint density at radius 2 is 0.941 bits per heavy atom. The SMILES string of the molecule is N[C@@H](Cc1ccc(O)cc1)C(=O)NCCCCCCCCNC(=O)[C@@H](N)Cc1ccc(O)cc1. The smallest absolute Gasteiger partial charge is 0.237 e. The highest BCUT2D eigenvalue weighted by Gasteiger charge is 2.14. The molecule has 2 aromatic rings. The Morgan fingerprint density at radius 1 is 0.618 bits per heavy atom. The van der Waals surface area contributed by atoms with Crippen LogP contribution in [0.1, 0.15) is 49.7 Å². The van der Waals surface area contributed by atoms with Crippen molar-refractivity contribution in [2.45, 2.75) is 63.5 Å². The zero-order chi connectivity index (χ0) is 24.8. The highest BCUT2D eigenvalue weighted by atomic mass is 16.3. The lowest BCUT2D eigenvalue weighted by atomic mass is 10.1. The van der Waals surface area contributed by atoms with E-state index < -0.39 is 12.1 Å². The summed E-state index contributed by atoms with van der Waals surface area (Å²) in [5, 5.41) is 24.4. The van der Waals surface area contributed by atoms with Crippen molar-refractivity contribution in [3.05, 3.63) is 59.7 Å². The molecule has 0 aliphatic carbocycles. The molecule has 0 saturated carbocycles. The van der Waals surface area contributed by atoms with Gasteiger partial charge in [0.25, 0.3) is 0 Å². The van der Waals surface area contributed by atoms with E-state index in [0.717, 1.165) is 49.7 Å². The Hall–Kier alpha value is -3.10. The Morgan fingerprint density at radius 3 is 1.29 bits per heavy atom. The van der Waals surface area contributed by atoms with Gasteiger partial charge in [0.1, 0.15) is 11.5 Å². The number of amides is 2. The van der Waals surface area contributed by atoms with E-state index in [1.807, 2.05) is 0 Å². The van der Waals surface area contributed by atoms with Crippen LogP contribution in [0.5, 0.6) is 11.5 Å². The monoisotopic (exact) mass is 470 g/mol. The Kier molecular flexibility index (Phi) is 11.9. The van der Waals surface area contributed by atoms with E-state index in [1.54, 1.807) is 48.5 Å². The average Bonchev–Trinajstić information content (AvgIpc) is 2.82. The number of carbonyl (C=O) groups is 2. The molecule has 2 amide bonds. The predicted molar refractivity (Wildman–Crippen MR) is 133 cm³/mol. The fourth-order valence-electron chi connectivity index (χ4n) is 3.60. The largest absolute Gasteiger partial charge is 0.508 e. The maximum absolute atomic E-state index is 12.1. The molecular weight excluding hydrogens is 432 g/mol. The number of nitrogens with one attached hydrogen (secondary N) is 2. The number of carbonyl (C=O) groups excluding carboxylic acids is 2. The Labute approximate surface area is 201 Å². The van der Waals surface area contributed by atoms with Crippen LogP contribution in [0, 0.1) is 0 Å². The quantitative estimate of drug-likeness (QED) is 0.219. The molecule has 8 heteroatoms. The summed E-state index contributed by atoms with van der Waals surface area (Å²) in [5.41, 5.74) is 13.7. The molecule has 0 aliphatic heterocycles. The second-order valence-electron chi connectivity index (χ2n) is 8.66. The minimum atomic E-state index is -0.603. The van der Waals surface area contributed by atoms with Gasteiger partial charge < -0.3 is 32.3 Å². The number of phenolic OH excluding ortho intramolecular Hbond substituents is 2. The first-order chi connectivity index (χ1) is 16.3. The van der Waals surface area contributed by atoms with Gasteiger partial charge >= 0.3 is 0 Å². The number of aromatic hydroxyl groups is 2. The van der Waals surface area contributed by atoms with Crippen LogP contribution in [-0.4, -0.2) is 47.2 Å². The Bertz CT molecular complexity index is 798. The van der Waals surface area contributed by atoms with E-state index in [0.29, 0.717) is 25.9 Å². The first-order valence-corrected chi connectivity index (χ1v) is 12.0. The van der Waals surface area contributed by atoms with Gasteiger partial charge in [0, 0.05) is 13.1 Å². The van der Waals surface area contributed by atoms with Crippen LogP contribution < -0.4 is 22.1 Å². The molecule has 0 heterocycles. The molecular formula is C26H38N4O4. The number of phenols is 2. The summed E-state index contributed by atoms with van der Waals surface area (Å²) in [4.78, 5) is 24.2. The van der Waals surface area contributed by atoms with Crippen molar-refractivity contribution in [3.8, 4) is 11.5 Å². The molecule has 2 rings (SSSR count). The lowest BCUT2D eigenvalue weighted by molar-refractivity contribution is -0.123. The number of benzene rings is 2. The zero-order valence-electron chi connectivity index (χ0n) is 19.7. The molecule has 0 saturated heterocycles. The van der Waals surface area contributed by atoms with Crippen molar-refractivity contribution in [2.24, 2.45) is 11.5 Å². The summed E-state index contributed by atoms with van der Waals surface area (Å²) in [6.45, 7) is 1.22. The summed E-state index contributed by atoms with van der Waals surface area (Å²) >= 11 is 0. The van der Waals surface area contributed by atoms with Crippen LogP contribution in [0.25, 0.3) is 0 Å². The molecule has 0 bridgehead atoms. The lowest BCUT2D eigenvalue weighted by Crippen LogP contribution is -2.42. The second-order valence-corrected chi connectivity index (χ2v) is 8.66. The van der Waals surface area contributed by atoms with Crippen molar-refractivity contribution < 1.29 is 19.8 Å². The topological polar surface area (TPSA) is 151 Å². The van der Waals surface area contributed by atoms with E-state index in [4.69, 9.17) is 11.5 Å². The Balaban J connectivity index is 1.44. The number of rotatable bonds is 15. The molecule has 0 fully saturated rings. The van der Waals surface area contributed by atoms with Crippen LogP contribution >= 0.6 is 0 Å². The second kappa shape index (κ2) is 14.9. The number of hydrogen-bond acceptors (Lipinski definition) is 6. The lowest BCUT2D eigenvalue weighted by Gasteiger charge is -2.13. The molecule has 8 nitrogen and oxygen atoms in total. The van der Waals surface area contributed by atoms with Gasteiger partial charge in [0.15, 0.2) is 0 Å². The third-order valence-corrected chi connectivity index (χ3v) is 5.66. The molecule has 0 aliphatic rings. The standard InChI is InChI=1S/C26H38N4O4/c27-23(17-19-7-11-21(31)12-8-19)25(33)29-15-5-3-1-2-4-6-16-30-26(34)24(28)18-20-9-13-22(32)14-10-20/h7-14,23-24,31-32H,1-6,15-18,27-28H2,(H,29,33)(H,30,34)/t23-,24-/m0/s1. The molecule has 0 spiro atoms. The number of nitrogens with two attached hydrogens (primary N) is 2. The number of unbranched alkanes of at least 4 members (excludes halogenated alkanes) is 5. The third-order valence-electron chi connectivity index (χ3n) is 5.66. The van der Waals surface area contributed by atoms with Crippen molar-refractivity contribution in [1.29, 1.82) is 0 Å². The van der Waals surface area contributed by atoms with Crippen LogP contribution in [0.3, 0.4) is 0 Å². The summed E-state index contributed by atoms with van der Waals surface area (Å²) in [6.07, 6.45) is 6.87. The van der Waals surface area contributed by atoms with Crippen LogP contribution in [0.2, 0.25) is 0 Å². The van der Waals surface area contributed by atoms with E-state index in [2.05, 4.69) is 10.6 Å². The van der Waals surface area contributed by atoms with Gasteiger partial charge in [-0.3, -0.25) is 9.59 Å². The molecule has 186 valence electrons. The average molecular weight is 471 g/mol. The summed E-state index contributed by atoms with van der Waals surface area (Å²) in [7, 11) is 0. The minimum Gasteiger partial charge on any atom is -0.508 e. The van der Waals surface area contributed by atoms with Crippen LogP contribution in [-0.2, 0) is 22.4 Å². The molecule has 34 heavy (non-hydrogen) atoms. The molecule has 0 aromatic heterocycles. The van der Waals surface area contributed by atoms with Gasteiger partial charge in [0.2, 0.25) is 11.8 Å². The molecule has 2 aromatic carbocycles. The first kappa shape index (κ1) is 27.1. The minimum absolute atomic E-state index is 0.160. The third kappa shape index (κ3) is 10.7. The van der Waals surface area contributed by atoms with Gasteiger partial charge in [-0.1, -0.05) is 49.9 Å². The fraction of sp³-hybridized carbons (Fsp3) is 0.462. The van der Waals surface area contributed by atoms with E-state index in [-0.39, 0.29) is 23.3 Å². The van der Waals surface area contributed by atoms with Gasteiger partial charge in [-0.05, 0) is 61.1 Å². The highest BCUT2D eigenvalue weighted by Crippen LogP contribution is 2.12. The van der Waals surface area contributed by atoms with Gasteiger partial charge in [-0.2, -0.15) is 0 Å². The summed E-state index contributed by atoms with van der Waals surface area (Å²) in [6, 6.07) is 12.2. The first-order valence-electron chi connectivity index (χ1n) is 12.0. The van der Waals surface area contributed by atoms with E-state index in [9.17, 15) is 19.8 Å². The highest BCUT2D eigenvalue weighted by molar-refractivity contribution is 5.82. The fourth-order valence-corrected chi connectivity index (χ4v) is 3.60. The summed E-state index contributed by atoms with van der Waals surface area (Å²) < 4.78 is 0. The van der Waals surface area contributed by atoms with E-state index in [1.165, 1.54) is 0 Å². The van der Waals surface area contributed by atoms with Crippen LogP contribution in [0.4, 0.5) is 0 Å². The maximum atomic E-state index is 12.1. The van der Waals surface area contributed by atoms with E-state index >= 15 is 0 Å². The van der Waals surface area contributed by atoms with Gasteiger partial charge in [-0.15, -0.1) is 0 Å². The molecule has 0 unspecified atom stereocenters. The van der Waals surface area contributed by atoms with Crippen molar-refractivity contribution in [2.75, 3.05) is 13.1 Å².